The summed E-state index contributed by atoms with van der Waals surface area (Å²) < 4.78 is 9.03. The second-order valence-electron chi connectivity index (χ2n) is 8.39. The van der Waals surface area contributed by atoms with E-state index < -0.39 is 8.07 Å². The van der Waals surface area contributed by atoms with Gasteiger partial charge in [-0.3, -0.25) is 9.13 Å². The second kappa shape index (κ2) is 7.41. The summed E-state index contributed by atoms with van der Waals surface area (Å²) in [7, 11) is 0.652. The molecule has 0 radical (unpaired) electrons. The number of rotatable bonds is 6. The van der Waals surface area contributed by atoms with Gasteiger partial charge in [0.05, 0.1) is 6.20 Å². The fourth-order valence-corrected chi connectivity index (χ4v) is 4.16. The number of hydrogen-bond acceptors (Lipinski definition) is 4. The summed E-state index contributed by atoms with van der Waals surface area (Å²) in [5, 5.41) is 0. The molecule has 0 bridgehead atoms. The van der Waals surface area contributed by atoms with Crippen molar-refractivity contribution in [1.82, 2.24) is 19.1 Å². The van der Waals surface area contributed by atoms with E-state index in [1.165, 1.54) is 19.3 Å². The molecule has 1 aliphatic rings. The lowest BCUT2D eigenvalue weighted by molar-refractivity contribution is 0.0873. The number of fused-ring (bicyclic) bond motifs is 1. The highest BCUT2D eigenvalue weighted by Gasteiger charge is 2.21. The van der Waals surface area contributed by atoms with E-state index in [0.717, 1.165) is 35.9 Å². The van der Waals surface area contributed by atoms with Crippen molar-refractivity contribution in [2.45, 2.75) is 70.4 Å². The topological polar surface area (TPSA) is 61.9 Å². The van der Waals surface area contributed by atoms with Crippen LogP contribution in [0.4, 0.5) is 0 Å². The molecule has 2 aromatic heterocycles. The molecule has 3 rings (SSSR count). The number of ether oxygens (including phenoxy) is 1. The maximum Gasteiger partial charge on any atom is 0.332 e. The normalized spacial score (nSPS) is 16.6. The Labute approximate surface area is 150 Å². The average Bonchev–Trinajstić information content (AvgIpc) is 2.83. The van der Waals surface area contributed by atoms with Gasteiger partial charge in [0, 0.05) is 27.6 Å². The van der Waals surface area contributed by atoms with Crippen molar-refractivity contribution in [2.24, 2.45) is 7.05 Å². The number of imidazole rings is 1. The summed E-state index contributed by atoms with van der Waals surface area (Å²) >= 11 is 0. The molecule has 7 heteroatoms. The van der Waals surface area contributed by atoms with Crippen molar-refractivity contribution in [1.29, 1.82) is 0 Å². The molecule has 1 aliphatic carbocycles. The van der Waals surface area contributed by atoms with Gasteiger partial charge in [-0.25, -0.2) is 14.8 Å². The molecule has 0 aliphatic heterocycles. The Morgan fingerprint density at radius 3 is 2.64 bits per heavy atom. The number of hydrogen-bond donors (Lipinski definition) is 0. The third-order valence-electron chi connectivity index (χ3n) is 5.08. The van der Waals surface area contributed by atoms with Gasteiger partial charge in [-0.05, 0) is 18.9 Å². The van der Waals surface area contributed by atoms with Crippen LogP contribution in [0, 0.1) is 0 Å². The van der Waals surface area contributed by atoms with E-state index in [2.05, 4.69) is 24.6 Å². The molecule has 138 valence electrons. The van der Waals surface area contributed by atoms with Crippen LogP contribution in [-0.2, 0) is 18.5 Å². The monoisotopic (exact) mass is 362 g/mol. The minimum atomic E-state index is -1.13. The quantitative estimate of drug-likeness (QED) is 0.583. The summed E-state index contributed by atoms with van der Waals surface area (Å²) in [6.45, 7) is 7.93. The highest BCUT2D eigenvalue weighted by Crippen LogP contribution is 2.30. The van der Waals surface area contributed by atoms with Crippen molar-refractivity contribution in [3.05, 3.63) is 22.5 Å². The van der Waals surface area contributed by atoms with E-state index in [0.29, 0.717) is 12.5 Å². The minimum absolute atomic E-state index is 0.0851. The lowest BCUT2D eigenvalue weighted by Crippen LogP contribution is -2.25. The van der Waals surface area contributed by atoms with Crippen LogP contribution in [-0.4, -0.2) is 33.8 Å². The Bertz CT molecular complexity index is 785. The molecular formula is C18H30N4O2Si. The fourth-order valence-electron chi connectivity index (χ4n) is 3.41. The van der Waals surface area contributed by atoms with E-state index in [1.807, 2.05) is 0 Å². The first kappa shape index (κ1) is 18.3. The van der Waals surface area contributed by atoms with Gasteiger partial charge >= 0.3 is 5.69 Å². The van der Waals surface area contributed by atoms with E-state index in [9.17, 15) is 4.79 Å². The van der Waals surface area contributed by atoms with Crippen molar-refractivity contribution < 1.29 is 4.74 Å². The SMILES string of the molecule is Cn1c(=O)n(COCC[Si](C)(C)C)c2cnc(C3CCCCC3)nc21. The van der Waals surface area contributed by atoms with Gasteiger partial charge in [0.15, 0.2) is 5.65 Å². The van der Waals surface area contributed by atoms with Crippen LogP contribution in [0.2, 0.25) is 25.7 Å². The Morgan fingerprint density at radius 2 is 1.96 bits per heavy atom. The standard InChI is InChI=1S/C18H30N4O2Si/c1-21-17-15(12-19-16(20-17)14-8-6-5-7-9-14)22(18(21)23)13-24-10-11-25(2,3)4/h12,14H,5-11,13H2,1-4H3. The van der Waals surface area contributed by atoms with Crippen LogP contribution >= 0.6 is 0 Å². The molecule has 25 heavy (non-hydrogen) atoms. The van der Waals surface area contributed by atoms with Crippen LogP contribution < -0.4 is 5.69 Å². The van der Waals surface area contributed by atoms with Gasteiger partial charge in [-0.1, -0.05) is 38.9 Å². The molecule has 2 aromatic rings. The second-order valence-corrected chi connectivity index (χ2v) is 14.0. The smallest absolute Gasteiger partial charge is 0.332 e. The van der Waals surface area contributed by atoms with Crippen LogP contribution in [0.1, 0.15) is 43.8 Å². The Kier molecular flexibility index (Phi) is 5.43. The molecule has 2 heterocycles. The van der Waals surface area contributed by atoms with Gasteiger partial charge in [0.25, 0.3) is 0 Å². The summed E-state index contributed by atoms with van der Waals surface area (Å²) in [5.41, 5.74) is 1.40. The first-order valence-electron chi connectivity index (χ1n) is 9.37. The van der Waals surface area contributed by atoms with Gasteiger partial charge in [-0.15, -0.1) is 0 Å². The molecule has 0 amide bonds. The van der Waals surface area contributed by atoms with Gasteiger partial charge in [0.1, 0.15) is 18.1 Å². The molecule has 1 saturated carbocycles. The molecule has 0 N–H and O–H groups in total. The van der Waals surface area contributed by atoms with Crippen molar-refractivity contribution in [3.63, 3.8) is 0 Å². The summed E-state index contributed by atoms with van der Waals surface area (Å²) in [6, 6.07) is 1.09. The molecule has 1 fully saturated rings. The molecule has 6 nitrogen and oxygen atoms in total. The first-order valence-corrected chi connectivity index (χ1v) is 13.1. The van der Waals surface area contributed by atoms with Crippen LogP contribution in [0.3, 0.4) is 0 Å². The molecule has 0 saturated heterocycles. The number of aromatic nitrogens is 4. The number of aryl methyl sites for hydroxylation is 1. The summed E-state index contributed by atoms with van der Waals surface area (Å²) in [5.74, 6) is 1.32. The largest absolute Gasteiger partial charge is 0.361 e. The molecule has 0 atom stereocenters. The zero-order valence-corrected chi connectivity index (χ0v) is 16.9. The Morgan fingerprint density at radius 1 is 1.24 bits per heavy atom. The van der Waals surface area contributed by atoms with Gasteiger partial charge in [0.2, 0.25) is 0 Å². The van der Waals surface area contributed by atoms with Crippen molar-refractivity contribution >= 4 is 19.2 Å². The molecular weight excluding hydrogens is 332 g/mol. The zero-order chi connectivity index (χ0) is 18.0. The minimum Gasteiger partial charge on any atom is -0.361 e. The van der Waals surface area contributed by atoms with Gasteiger partial charge < -0.3 is 4.74 Å². The first-order chi connectivity index (χ1) is 11.9. The van der Waals surface area contributed by atoms with Crippen LogP contribution in [0.25, 0.3) is 11.2 Å². The average molecular weight is 363 g/mol. The highest BCUT2D eigenvalue weighted by atomic mass is 28.3. The summed E-state index contributed by atoms with van der Waals surface area (Å²) in [6.07, 6.45) is 7.91. The predicted molar refractivity (Wildman–Crippen MR) is 103 cm³/mol. The molecule has 0 unspecified atom stereocenters. The van der Waals surface area contributed by atoms with Gasteiger partial charge in [-0.2, -0.15) is 0 Å². The molecule has 0 spiro atoms. The predicted octanol–water partition coefficient (Wildman–Crippen LogP) is 3.49. The van der Waals surface area contributed by atoms with Crippen molar-refractivity contribution in [3.8, 4) is 0 Å². The molecule has 0 aromatic carbocycles. The highest BCUT2D eigenvalue weighted by molar-refractivity contribution is 6.76. The lowest BCUT2D eigenvalue weighted by atomic mass is 9.89. The van der Waals surface area contributed by atoms with Crippen LogP contribution in [0.15, 0.2) is 11.0 Å². The van der Waals surface area contributed by atoms with Crippen molar-refractivity contribution in [2.75, 3.05) is 6.61 Å². The van der Waals surface area contributed by atoms with Crippen LogP contribution in [0.5, 0.6) is 0 Å². The lowest BCUT2D eigenvalue weighted by Gasteiger charge is -2.19. The maximum atomic E-state index is 12.6. The van der Waals surface area contributed by atoms with E-state index in [1.54, 1.807) is 22.4 Å². The van der Waals surface area contributed by atoms with E-state index in [4.69, 9.17) is 9.72 Å². The summed E-state index contributed by atoms with van der Waals surface area (Å²) in [4.78, 5) is 21.9. The number of nitrogens with zero attached hydrogens (tertiary/aromatic N) is 4. The fraction of sp³-hybridized carbons (Fsp3) is 0.722. The maximum absolute atomic E-state index is 12.6. The Balaban J connectivity index is 1.80. The third kappa shape index (κ3) is 4.20. The Hall–Kier alpha value is -1.47. The van der Waals surface area contributed by atoms with E-state index >= 15 is 0 Å². The zero-order valence-electron chi connectivity index (χ0n) is 15.9. The van der Waals surface area contributed by atoms with E-state index in [-0.39, 0.29) is 12.4 Å². The third-order valence-corrected chi connectivity index (χ3v) is 6.79.